The van der Waals surface area contributed by atoms with Crippen molar-refractivity contribution in [1.82, 2.24) is 15.5 Å². The van der Waals surface area contributed by atoms with Crippen LogP contribution in [0.5, 0.6) is 0 Å². The molecule has 7 heteroatoms. The molecule has 2 aromatic carbocycles. The van der Waals surface area contributed by atoms with Crippen molar-refractivity contribution in [3.8, 4) is 0 Å². The Morgan fingerprint density at radius 1 is 1.19 bits per heavy atom. The minimum atomic E-state index is -0.127. The number of benzene rings is 2. The number of carbonyl (C=O) groups excluding carboxylic acids is 1. The maximum Gasteiger partial charge on any atom is 0.277 e. The number of carbonyl (C=O) groups is 1. The maximum atomic E-state index is 12.1. The van der Waals surface area contributed by atoms with Gasteiger partial charge in [-0.15, -0.1) is 10.2 Å². The van der Waals surface area contributed by atoms with Crippen LogP contribution in [-0.2, 0) is 11.2 Å². The van der Waals surface area contributed by atoms with Crippen LogP contribution < -0.4 is 5.32 Å². The summed E-state index contributed by atoms with van der Waals surface area (Å²) in [6, 6.07) is 17.2. The van der Waals surface area contributed by atoms with Crippen LogP contribution in [0.15, 0.2) is 64.2 Å². The minimum absolute atomic E-state index is 0.106. The third-order valence-electron chi connectivity index (χ3n) is 3.70. The first-order valence-electron chi connectivity index (χ1n) is 8.14. The van der Waals surface area contributed by atoms with Crippen molar-refractivity contribution < 1.29 is 9.21 Å². The molecule has 0 aliphatic heterocycles. The van der Waals surface area contributed by atoms with E-state index in [2.05, 4.69) is 15.5 Å². The molecule has 3 aromatic rings. The second kappa shape index (κ2) is 8.87. The van der Waals surface area contributed by atoms with E-state index in [1.807, 2.05) is 55.5 Å². The van der Waals surface area contributed by atoms with Gasteiger partial charge < -0.3 is 9.73 Å². The Kier molecular flexibility index (Phi) is 6.30. The third-order valence-corrected chi connectivity index (χ3v) is 4.75. The quantitative estimate of drug-likeness (QED) is 0.613. The Labute approximate surface area is 161 Å². The molecule has 0 saturated heterocycles. The lowest BCUT2D eigenvalue weighted by Crippen LogP contribution is -2.28. The normalized spacial score (nSPS) is 11.9. The van der Waals surface area contributed by atoms with Crippen LogP contribution in [0.1, 0.15) is 30.0 Å². The Morgan fingerprint density at radius 3 is 2.77 bits per heavy atom. The fraction of sp³-hybridized carbons (Fsp3) is 0.211. The van der Waals surface area contributed by atoms with E-state index in [9.17, 15) is 4.79 Å². The second-order valence-corrected chi connectivity index (χ2v) is 7.12. The number of hydrogen-bond donors (Lipinski definition) is 1. The lowest BCUT2D eigenvalue weighted by molar-refractivity contribution is -0.119. The highest BCUT2D eigenvalue weighted by Gasteiger charge is 2.13. The first-order valence-corrected chi connectivity index (χ1v) is 9.50. The molecule has 1 N–H and O–H groups in total. The molecule has 0 fully saturated rings. The fourth-order valence-corrected chi connectivity index (χ4v) is 3.20. The molecule has 0 bridgehead atoms. The largest absolute Gasteiger partial charge is 0.416 e. The van der Waals surface area contributed by atoms with Crippen LogP contribution in [0.2, 0.25) is 5.02 Å². The Bertz CT molecular complexity index is 870. The summed E-state index contributed by atoms with van der Waals surface area (Å²) in [6.07, 6.45) is 0.576. The first-order chi connectivity index (χ1) is 12.6. The van der Waals surface area contributed by atoms with Gasteiger partial charge in [0.25, 0.3) is 5.22 Å². The highest BCUT2D eigenvalue weighted by molar-refractivity contribution is 7.99. The second-order valence-electron chi connectivity index (χ2n) is 5.76. The predicted molar refractivity (Wildman–Crippen MR) is 102 cm³/mol. The molecule has 0 saturated carbocycles. The molecule has 0 unspecified atom stereocenters. The van der Waals surface area contributed by atoms with Crippen LogP contribution in [0, 0.1) is 0 Å². The number of halogens is 1. The first kappa shape index (κ1) is 18.5. The van der Waals surface area contributed by atoms with Gasteiger partial charge in [-0.25, -0.2) is 0 Å². The molecule has 1 aromatic heterocycles. The van der Waals surface area contributed by atoms with E-state index in [0.717, 1.165) is 11.1 Å². The SMILES string of the molecule is C[C@H](NC(=O)CSc1nnc(Cc2ccccc2)o1)c1cccc(Cl)c1. The smallest absolute Gasteiger partial charge is 0.277 e. The van der Waals surface area contributed by atoms with Crippen LogP contribution in [0.4, 0.5) is 0 Å². The monoisotopic (exact) mass is 387 g/mol. The zero-order chi connectivity index (χ0) is 18.4. The summed E-state index contributed by atoms with van der Waals surface area (Å²) in [5, 5.41) is 12.0. The third kappa shape index (κ3) is 5.34. The van der Waals surface area contributed by atoms with Gasteiger partial charge in [0, 0.05) is 5.02 Å². The van der Waals surface area contributed by atoms with E-state index in [1.165, 1.54) is 11.8 Å². The number of hydrogen-bond acceptors (Lipinski definition) is 5. The fourth-order valence-electron chi connectivity index (χ4n) is 2.41. The lowest BCUT2D eigenvalue weighted by atomic mass is 10.1. The molecule has 1 atom stereocenters. The molecule has 0 aliphatic rings. The van der Waals surface area contributed by atoms with Gasteiger partial charge in [-0.3, -0.25) is 4.79 Å². The summed E-state index contributed by atoms with van der Waals surface area (Å²) in [5.74, 6) is 0.634. The Hall–Kier alpha value is -2.31. The molecule has 0 aliphatic carbocycles. The van der Waals surface area contributed by atoms with E-state index in [4.69, 9.17) is 16.0 Å². The maximum absolute atomic E-state index is 12.1. The van der Waals surface area contributed by atoms with Gasteiger partial charge in [-0.1, -0.05) is 65.8 Å². The molecule has 1 amide bonds. The number of thioether (sulfide) groups is 1. The number of rotatable bonds is 7. The van der Waals surface area contributed by atoms with Crippen molar-refractivity contribution in [1.29, 1.82) is 0 Å². The van der Waals surface area contributed by atoms with E-state index in [-0.39, 0.29) is 17.7 Å². The van der Waals surface area contributed by atoms with Crippen molar-refractivity contribution in [3.63, 3.8) is 0 Å². The van der Waals surface area contributed by atoms with Crippen molar-refractivity contribution in [2.45, 2.75) is 24.6 Å². The van der Waals surface area contributed by atoms with Gasteiger partial charge in [-0.05, 0) is 30.2 Å². The average molecular weight is 388 g/mol. The summed E-state index contributed by atoms with van der Waals surface area (Å²) >= 11 is 7.20. The molecular formula is C19H18ClN3O2S. The average Bonchev–Trinajstić information content (AvgIpc) is 3.08. The standard InChI is InChI=1S/C19H18ClN3O2S/c1-13(15-8-5-9-16(20)11-15)21-17(24)12-26-19-23-22-18(25-19)10-14-6-3-2-4-7-14/h2-9,11,13H,10,12H2,1H3,(H,21,24)/t13-/m0/s1. The number of nitrogens with zero attached hydrogens (tertiary/aromatic N) is 2. The van der Waals surface area contributed by atoms with E-state index < -0.39 is 0 Å². The lowest BCUT2D eigenvalue weighted by Gasteiger charge is -2.14. The molecule has 1 heterocycles. The predicted octanol–water partition coefficient (Wildman–Crippen LogP) is 4.28. The van der Waals surface area contributed by atoms with Gasteiger partial charge in [-0.2, -0.15) is 0 Å². The number of amides is 1. The molecule has 26 heavy (non-hydrogen) atoms. The van der Waals surface area contributed by atoms with E-state index in [0.29, 0.717) is 22.6 Å². The Balaban J connectivity index is 1.49. The van der Waals surface area contributed by atoms with Crippen LogP contribution in [0.3, 0.4) is 0 Å². The van der Waals surface area contributed by atoms with Gasteiger partial charge in [0.1, 0.15) is 0 Å². The highest BCUT2D eigenvalue weighted by Crippen LogP contribution is 2.20. The Morgan fingerprint density at radius 2 is 2.00 bits per heavy atom. The van der Waals surface area contributed by atoms with E-state index in [1.54, 1.807) is 6.07 Å². The molecule has 3 rings (SSSR count). The van der Waals surface area contributed by atoms with Crippen molar-refractivity contribution >= 4 is 29.3 Å². The van der Waals surface area contributed by atoms with Crippen molar-refractivity contribution in [2.75, 3.05) is 5.75 Å². The van der Waals surface area contributed by atoms with Gasteiger partial charge in [0.2, 0.25) is 11.8 Å². The van der Waals surface area contributed by atoms with Crippen molar-refractivity contribution in [2.24, 2.45) is 0 Å². The van der Waals surface area contributed by atoms with Crippen LogP contribution >= 0.6 is 23.4 Å². The summed E-state index contributed by atoms with van der Waals surface area (Å²) in [6.45, 7) is 1.92. The zero-order valence-corrected chi connectivity index (χ0v) is 15.8. The molecular weight excluding hydrogens is 370 g/mol. The highest BCUT2D eigenvalue weighted by atomic mass is 35.5. The van der Waals surface area contributed by atoms with Gasteiger partial charge in [0.05, 0.1) is 18.2 Å². The van der Waals surface area contributed by atoms with Crippen LogP contribution in [0.25, 0.3) is 0 Å². The topological polar surface area (TPSA) is 68.0 Å². The van der Waals surface area contributed by atoms with E-state index >= 15 is 0 Å². The summed E-state index contributed by atoms with van der Waals surface area (Å²) in [5.41, 5.74) is 2.06. The van der Waals surface area contributed by atoms with Gasteiger partial charge >= 0.3 is 0 Å². The molecule has 0 spiro atoms. The van der Waals surface area contributed by atoms with Crippen molar-refractivity contribution in [3.05, 3.63) is 76.6 Å². The number of nitrogens with one attached hydrogen (secondary N) is 1. The number of aromatic nitrogens is 2. The molecule has 134 valence electrons. The zero-order valence-electron chi connectivity index (χ0n) is 14.2. The molecule has 0 radical (unpaired) electrons. The summed E-state index contributed by atoms with van der Waals surface area (Å²) in [7, 11) is 0. The van der Waals surface area contributed by atoms with Gasteiger partial charge in [0.15, 0.2) is 0 Å². The molecule has 5 nitrogen and oxygen atoms in total. The summed E-state index contributed by atoms with van der Waals surface area (Å²) in [4.78, 5) is 12.1. The summed E-state index contributed by atoms with van der Waals surface area (Å²) < 4.78 is 5.59. The van der Waals surface area contributed by atoms with Crippen LogP contribution in [-0.4, -0.2) is 21.9 Å². The minimum Gasteiger partial charge on any atom is -0.416 e.